The van der Waals surface area contributed by atoms with Crippen molar-refractivity contribution in [3.63, 3.8) is 0 Å². The third kappa shape index (κ3) is 3.39. The maximum Gasteiger partial charge on any atom is 0.323 e. The third-order valence-electron chi connectivity index (χ3n) is 3.56. The Kier molecular flexibility index (Phi) is 4.79. The summed E-state index contributed by atoms with van der Waals surface area (Å²) in [4.78, 5) is 25.1. The van der Waals surface area contributed by atoms with Gasteiger partial charge in [0.1, 0.15) is 12.2 Å². The van der Waals surface area contributed by atoms with E-state index >= 15 is 0 Å². The standard InChI is InChI=1S/C14H20N2O4/c1-20-10-11-4-2-7-16(8-11)14(19)12-5-3-6-15(12)9-13(17)18/h3,5-6,11H,2,4,7-10H2,1H3,(H,17,18). The summed E-state index contributed by atoms with van der Waals surface area (Å²) in [5.74, 6) is -0.691. The van der Waals surface area contributed by atoms with Crippen LogP contribution in [-0.2, 0) is 16.1 Å². The molecule has 0 saturated carbocycles. The van der Waals surface area contributed by atoms with Crippen molar-refractivity contribution in [1.82, 2.24) is 9.47 Å². The summed E-state index contributed by atoms with van der Waals surface area (Å²) in [5.41, 5.74) is 0.436. The molecule has 1 aliphatic rings. The maximum absolute atomic E-state index is 12.5. The topological polar surface area (TPSA) is 71.8 Å². The van der Waals surface area contributed by atoms with Gasteiger partial charge < -0.3 is 19.3 Å². The number of likely N-dealkylation sites (tertiary alicyclic amines) is 1. The average Bonchev–Trinajstić information content (AvgIpc) is 2.86. The van der Waals surface area contributed by atoms with E-state index in [4.69, 9.17) is 9.84 Å². The summed E-state index contributed by atoms with van der Waals surface area (Å²) >= 11 is 0. The average molecular weight is 280 g/mol. The number of carboxylic acid groups (broad SMARTS) is 1. The molecule has 6 heteroatoms. The molecule has 1 amide bonds. The van der Waals surface area contributed by atoms with Crippen molar-refractivity contribution < 1.29 is 19.4 Å². The number of hydrogen-bond donors (Lipinski definition) is 1. The highest BCUT2D eigenvalue weighted by molar-refractivity contribution is 5.93. The minimum atomic E-state index is -0.953. The van der Waals surface area contributed by atoms with Crippen molar-refractivity contribution in [2.75, 3.05) is 26.8 Å². The van der Waals surface area contributed by atoms with Gasteiger partial charge in [-0.05, 0) is 30.9 Å². The lowest BCUT2D eigenvalue weighted by Gasteiger charge is -2.32. The number of amides is 1. The van der Waals surface area contributed by atoms with Gasteiger partial charge in [-0.2, -0.15) is 0 Å². The molecule has 2 heterocycles. The number of aliphatic carboxylic acids is 1. The Morgan fingerprint density at radius 3 is 3.00 bits per heavy atom. The van der Waals surface area contributed by atoms with E-state index in [0.717, 1.165) is 19.4 Å². The number of methoxy groups -OCH3 is 1. The zero-order valence-electron chi connectivity index (χ0n) is 11.6. The van der Waals surface area contributed by atoms with Gasteiger partial charge in [-0.1, -0.05) is 0 Å². The Balaban J connectivity index is 2.07. The van der Waals surface area contributed by atoms with Crippen molar-refractivity contribution in [2.24, 2.45) is 5.92 Å². The SMILES string of the molecule is COCC1CCCN(C(=O)c2cccn2CC(=O)O)C1. The van der Waals surface area contributed by atoms with E-state index in [1.807, 2.05) is 0 Å². The molecule has 1 unspecified atom stereocenters. The molecule has 6 nitrogen and oxygen atoms in total. The molecule has 2 rings (SSSR count). The van der Waals surface area contributed by atoms with E-state index in [1.54, 1.807) is 30.3 Å². The fraction of sp³-hybridized carbons (Fsp3) is 0.571. The second-order valence-electron chi connectivity index (χ2n) is 5.13. The number of aromatic nitrogens is 1. The van der Waals surface area contributed by atoms with Crippen LogP contribution in [0.5, 0.6) is 0 Å². The molecular weight excluding hydrogens is 260 g/mol. The fourth-order valence-electron chi connectivity index (χ4n) is 2.68. The molecule has 1 aliphatic heterocycles. The highest BCUT2D eigenvalue weighted by Gasteiger charge is 2.26. The smallest absolute Gasteiger partial charge is 0.323 e. The first-order valence-electron chi connectivity index (χ1n) is 6.77. The highest BCUT2D eigenvalue weighted by Crippen LogP contribution is 2.19. The zero-order valence-corrected chi connectivity index (χ0v) is 11.6. The Hall–Kier alpha value is -1.82. The molecule has 1 aromatic heterocycles. The normalized spacial score (nSPS) is 19.1. The molecule has 1 aromatic rings. The Morgan fingerprint density at radius 1 is 1.50 bits per heavy atom. The molecule has 0 aliphatic carbocycles. The first-order valence-corrected chi connectivity index (χ1v) is 6.77. The molecule has 0 spiro atoms. The minimum absolute atomic E-state index is 0.1000. The molecule has 0 bridgehead atoms. The number of carbonyl (C=O) groups excluding carboxylic acids is 1. The van der Waals surface area contributed by atoms with Crippen LogP contribution in [0, 0.1) is 5.92 Å². The predicted octanol–water partition coefficient (Wildman–Crippen LogP) is 1.07. The monoisotopic (exact) mass is 280 g/mol. The quantitative estimate of drug-likeness (QED) is 0.875. The first-order chi connectivity index (χ1) is 9.61. The van der Waals surface area contributed by atoms with Gasteiger partial charge in [0.15, 0.2) is 0 Å². The summed E-state index contributed by atoms with van der Waals surface area (Å²) < 4.78 is 6.63. The second kappa shape index (κ2) is 6.56. The maximum atomic E-state index is 12.5. The number of ether oxygens (including phenoxy) is 1. The summed E-state index contributed by atoms with van der Waals surface area (Å²) in [5, 5.41) is 8.85. The van der Waals surface area contributed by atoms with Crippen LogP contribution >= 0.6 is 0 Å². The summed E-state index contributed by atoms with van der Waals surface area (Å²) in [6.07, 6.45) is 3.64. The van der Waals surface area contributed by atoms with Crippen LogP contribution in [0.2, 0.25) is 0 Å². The molecule has 1 fully saturated rings. The van der Waals surface area contributed by atoms with Gasteiger partial charge in [-0.25, -0.2) is 0 Å². The van der Waals surface area contributed by atoms with E-state index in [9.17, 15) is 9.59 Å². The molecular formula is C14H20N2O4. The first kappa shape index (κ1) is 14.6. The van der Waals surface area contributed by atoms with Gasteiger partial charge in [0.05, 0.1) is 6.61 Å². The van der Waals surface area contributed by atoms with Crippen LogP contribution in [0.4, 0.5) is 0 Å². The van der Waals surface area contributed by atoms with E-state index < -0.39 is 5.97 Å². The van der Waals surface area contributed by atoms with E-state index in [-0.39, 0.29) is 12.5 Å². The Morgan fingerprint density at radius 2 is 2.30 bits per heavy atom. The van der Waals surface area contributed by atoms with Crippen molar-refractivity contribution in [3.8, 4) is 0 Å². The highest BCUT2D eigenvalue weighted by atomic mass is 16.5. The second-order valence-corrected chi connectivity index (χ2v) is 5.13. The lowest BCUT2D eigenvalue weighted by Crippen LogP contribution is -2.42. The number of hydrogen-bond acceptors (Lipinski definition) is 3. The lowest BCUT2D eigenvalue weighted by molar-refractivity contribution is -0.137. The zero-order chi connectivity index (χ0) is 14.5. The van der Waals surface area contributed by atoms with E-state index in [0.29, 0.717) is 24.8 Å². The van der Waals surface area contributed by atoms with Gasteiger partial charge in [0.25, 0.3) is 5.91 Å². The Labute approximate surface area is 117 Å². The van der Waals surface area contributed by atoms with Crippen LogP contribution in [0.3, 0.4) is 0 Å². The largest absolute Gasteiger partial charge is 0.480 e. The van der Waals surface area contributed by atoms with Crippen LogP contribution < -0.4 is 0 Å². The van der Waals surface area contributed by atoms with Crippen molar-refractivity contribution in [2.45, 2.75) is 19.4 Å². The van der Waals surface area contributed by atoms with Gasteiger partial charge in [0, 0.05) is 26.4 Å². The van der Waals surface area contributed by atoms with Gasteiger partial charge in [-0.3, -0.25) is 9.59 Å². The van der Waals surface area contributed by atoms with Gasteiger partial charge in [-0.15, -0.1) is 0 Å². The number of nitrogens with zero attached hydrogens (tertiary/aromatic N) is 2. The minimum Gasteiger partial charge on any atom is -0.480 e. The molecule has 1 saturated heterocycles. The van der Waals surface area contributed by atoms with Crippen molar-refractivity contribution >= 4 is 11.9 Å². The van der Waals surface area contributed by atoms with E-state index in [1.165, 1.54) is 4.57 Å². The van der Waals surface area contributed by atoms with Gasteiger partial charge in [0.2, 0.25) is 0 Å². The molecule has 1 atom stereocenters. The number of piperidine rings is 1. The lowest BCUT2D eigenvalue weighted by atomic mass is 9.99. The predicted molar refractivity (Wildman–Crippen MR) is 72.6 cm³/mol. The molecule has 20 heavy (non-hydrogen) atoms. The number of rotatable bonds is 5. The number of carbonyl (C=O) groups is 2. The summed E-state index contributed by atoms with van der Waals surface area (Å²) in [7, 11) is 1.67. The van der Waals surface area contributed by atoms with Crippen LogP contribution in [-0.4, -0.2) is 53.3 Å². The fourth-order valence-corrected chi connectivity index (χ4v) is 2.68. The van der Waals surface area contributed by atoms with Crippen LogP contribution in [0.25, 0.3) is 0 Å². The Bertz CT molecular complexity index is 481. The molecule has 110 valence electrons. The van der Waals surface area contributed by atoms with Crippen molar-refractivity contribution in [3.05, 3.63) is 24.0 Å². The summed E-state index contributed by atoms with van der Waals surface area (Å²) in [6, 6.07) is 3.37. The number of carboxylic acids is 1. The van der Waals surface area contributed by atoms with Crippen LogP contribution in [0.1, 0.15) is 23.3 Å². The van der Waals surface area contributed by atoms with Crippen LogP contribution in [0.15, 0.2) is 18.3 Å². The van der Waals surface area contributed by atoms with Crippen molar-refractivity contribution in [1.29, 1.82) is 0 Å². The molecule has 0 radical (unpaired) electrons. The third-order valence-corrected chi connectivity index (χ3v) is 3.56. The molecule has 0 aromatic carbocycles. The van der Waals surface area contributed by atoms with E-state index in [2.05, 4.69) is 0 Å². The summed E-state index contributed by atoms with van der Waals surface area (Å²) in [6.45, 7) is 1.85. The van der Waals surface area contributed by atoms with Gasteiger partial charge >= 0.3 is 5.97 Å². The molecule has 1 N–H and O–H groups in total.